The molecule has 0 aromatic heterocycles. The predicted octanol–water partition coefficient (Wildman–Crippen LogP) is 5.41. The van der Waals surface area contributed by atoms with Gasteiger partial charge >= 0.3 is 6.03 Å². The highest BCUT2D eigenvalue weighted by atomic mass is 79.9. The van der Waals surface area contributed by atoms with E-state index in [1.165, 1.54) is 5.56 Å². The van der Waals surface area contributed by atoms with Crippen molar-refractivity contribution in [3.63, 3.8) is 0 Å². The Kier molecular flexibility index (Phi) is 6.87. The van der Waals surface area contributed by atoms with E-state index in [1.54, 1.807) is 7.11 Å². The molecule has 2 aromatic carbocycles. The summed E-state index contributed by atoms with van der Waals surface area (Å²) in [5.74, 6) is 1.34. The summed E-state index contributed by atoms with van der Waals surface area (Å²) >= 11 is 3.53. The van der Waals surface area contributed by atoms with Gasteiger partial charge in [0.25, 0.3) is 0 Å². The van der Waals surface area contributed by atoms with Gasteiger partial charge in [-0.2, -0.15) is 0 Å². The quantitative estimate of drug-likeness (QED) is 0.629. The first-order chi connectivity index (χ1) is 15.0. The van der Waals surface area contributed by atoms with Crippen LogP contribution in [0.3, 0.4) is 0 Å². The van der Waals surface area contributed by atoms with Crippen LogP contribution in [0.15, 0.2) is 53.0 Å². The number of carbonyl (C=O) groups is 1. The number of methoxy groups -OCH3 is 1. The zero-order valence-electron chi connectivity index (χ0n) is 18.6. The number of ether oxygens (including phenoxy) is 1. The lowest BCUT2D eigenvalue weighted by molar-refractivity contribution is -0.0914. The van der Waals surface area contributed by atoms with Gasteiger partial charge in [-0.3, -0.25) is 4.90 Å². The van der Waals surface area contributed by atoms with Crippen molar-refractivity contribution in [2.75, 3.05) is 25.5 Å². The lowest BCUT2D eigenvalue weighted by Gasteiger charge is -2.59. The molecule has 2 fully saturated rings. The highest BCUT2D eigenvalue weighted by molar-refractivity contribution is 9.10. The van der Waals surface area contributed by atoms with E-state index in [1.807, 2.05) is 29.2 Å². The Bertz CT molecular complexity index is 887. The van der Waals surface area contributed by atoms with E-state index in [4.69, 9.17) is 4.74 Å². The summed E-state index contributed by atoms with van der Waals surface area (Å²) in [6.45, 7) is 6.26. The lowest BCUT2D eigenvalue weighted by atomic mass is 9.74. The van der Waals surface area contributed by atoms with Crippen LogP contribution in [0.1, 0.15) is 32.3 Å². The largest absolute Gasteiger partial charge is 0.497 e. The molecular weight excluding hydrogens is 454 g/mol. The molecule has 2 amide bonds. The number of nitrogens with zero attached hydrogens (tertiary/aromatic N) is 2. The van der Waals surface area contributed by atoms with Gasteiger partial charge in [0.05, 0.1) is 7.11 Å². The van der Waals surface area contributed by atoms with Gasteiger partial charge in [-0.25, -0.2) is 4.79 Å². The van der Waals surface area contributed by atoms with Gasteiger partial charge in [0, 0.05) is 41.4 Å². The smallest absolute Gasteiger partial charge is 0.321 e. The van der Waals surface area contributed by atoms with Crippen LogP contribution >= 0.6 is 15.9 Å². The van der Waals surface area contributed by atoms with Gasteiger partial charge in [0.2, 0.25) is 0 Å². The van der Waals surface area contributed by atoms with Crippen molar-refractivity contribution in [2.45, 2.75) is 51.2 Å². The number of benzene rings is 2. The standard InChI is InChI=1S/C25H32BrN3O2/c1-17-5-4-14-28(25(30)27-21-10-12-22(31-3)13-11-21)16-24-23(18(2)29(17)24)15-19-6-8-20(26)9-7-19/h6-13,17-18,23-24H,4-5,14-16H2,1-3H3,(H,27,30)/t17?,18?,23?,24-/m0/s1. The topological polar surface area (TPSA) is 44.8 Å². The number of amides is 2. The average molecular weight is 486 g/mol. The Hall–Kier alpha value is -2.05. The highest BCUT2D eigenvalue weighted by Gasteiger charge is 2.48. The summed E-state index contributed by atoms with van der Waals surface area (Å²) in [6.07, 6.45) is 3.21. The summed E-state index contributed by atoms with van der Waals surface area (Å²) in [5.41, 5.74) is 2.16. The molecule has 6 heteroatoms. The second kappa shape index (κ2) is 9.61. The van der Waals surface area contributed by atoms with Crippen molar-refractivity contribution in [3.8, 4) is 5.75 Å². The fourth-order valence-electron chi connectivity index (χ4n) is 5.23. The zero-order valence-corrected chi connectivity index (χ0v) is 20.1. The van der Waals surface area contributed by atoms with Crippen molar-refractivity contribution < 1.29 is 9.53 Å². The molecule has 166 valence electrons. The maximum Gasteiger partial charge on any atom is 0.321 e. The molecule has 4 atom stereocenters. The minimum atomic E-state index is -0.0124. The van der Waals surface area contributed by atoms with E-state index in [9.17, 15) is 4.79 Å². The van der Waals surface area contributed by atoms with Crippen molar-refractivity contribution in [1.82, 2.24) is 9.80 Å². The van der Waals surface area contributed by atoms with Crippen molar-refractivity contribution >= 4 is 27.6 Å². The maximum absolute atomic E-state index is 13.1. The van der Waals surface area contributed by atoms with Crippen LogP contribution in [0.5, 0.6) is 5.75 Å². The minimum absolute atomic E-state index is 0.0124. The van der Waals surface area contributed by atoms with Crippen LogP contribution in [-0.4, -0.2) is 54.2 Å². The van der Waals surface area contributed by atoms with Crippen LogP contribution in [0.25, 0.3) is 0 Å². The Balaban J connectivity index is 1.46. The number of hydrogen-bond donors (Lipinski definition) is 1. The number of hydrogen-bond acceptors (Lipinski definition) is 3. The maximum atomic E-state index is 13.1. The number of carbonyl (C=O) groups excluding carboxylic acids is 1. The van der Waals surface area contributed by atoms with E-state index >= 15 is 0 Å². The average Bonchev–Trinajstić information content (AvgIpc) is 2.76. The van der Waals surface area contributed by atoms with Gasteiger partial charge in [-0.05, 0) is 81.0 Å². The van der Waals surface area contributed by atoms with Crippen LogP contribution in [0.2, 0.25) is 0 Å². The fourth-order valence-corrected chi connectivity index (χ4v) is 5.49. The molecule has 2 saturated heterocycles. The molecule has 0 bridgehead atoms. The minimum Gasteiger partial charge on any atom is -0.497 e. The van der Waals surface area contributed by atoms with Crippen LogP contribution in [-0.2, 0) is 6.42 Å². The molecule has 2 aliphatic heterocycles. The van der Waals surface area contributed by atoms with Crippen LogP contribution in [0, 0.1) is 5.92 Å². The van der Waals surface area contributed by atoms with Crippen LogP contribution < -0.4 is 10.1 Å². The molecular formula is C25H32BrN3O2. The number of fused-ring (bicyclic) bond motifs is 1. The van der Waals surface area contributed by atoms with Crippen molar-refractivity contribution in [3.05, 3.63) is 58.6 Å². The molecule has 0 saturated carbocycles. The molecule has 0 radical (unpaired) electrons. The second-order valence-corrected chi connectivity index (χ2v) is 9.76. The normalized spacial score (nSPS) is 26.3. The molecule has 2 aromatic rings. The molecule has 5 nitrogen and oxygen atoms in total. The van der Waals surface area contributed by atoms with E-state index in [0.29, 0.717) is 24.0 Å². The Morgan fingerprint density at radius 1 is 1.13 bits per heavy atom. The lowest BCUT2D eigenvalue weighted by Crippen LogP contribution is -2.70. The highest BCUT2D eigenvalue weighted by Crippen LogP contribution is 2.39. The number of anilines is 1. The summed E-state index contributed by atoms with van der Waals surface area (Å²) in [5, 5.41) is 3.07. The summed E-state index contributed by atoms with van der Waals surface area (Å²) in [4.78, 5) is 17.7. The number of nitrogens with one attached hydrogen (secondary N) is 1. The van der Waals surface area contributed by atoms with Crippen LogP contribution in [0.4, 0.5) is 10.5 Å². The van der Waals surface area contributed by atoms with E-state index in [0.717, 1.165) is 48.3 Å². The second-order valence-electron chi connectivity index (χ2n) is 8.85. The SMILES string of the molecule is COc1ccc(NC(=O)N2CCCC(C)N3C(C)C(Cc4ccc(Br)cc4)[C@@H]3C2)cc1. The van der Waals surface area contributed by atoms with E-state index in [-0.39, 0.29) is 6.03 Å². The van der Waals surface area contributed by atoms with E-state index < -0.39 is 0 Å². The Morgan fingerprint density at radius 2 is 1.84 bits per heavy atom. The van der Waals surface area contributed by atoms with E-state index in [2.05, 4.69) is 64.3 Å². The third-order valence-electron chi connectivity index (χ3n) is 6.95. The first kappa shape index (κ1) is 22.2. The van der Waals surface area contributed by atoms with Gasteiger partial charge in [0.1, 0.15) is 5.75 Å². The predicted molar refractivity (Wildman–Crippen MR) is 129 cm³/mol. The summed E-state index contributed by atoms with van der Waals surface area (Å²) in [7, 11) is 1.64. The van der Waals surface area contributed by atoms with Crippen molar-refractivity contribution in [1.29, 1.82) is 0 Å². The molecule has 0 aliphatic carbocycles. The number of halogens is 1. The van der Waals surface area contributed by atoms with Gasteiger partial charge in [-0.1, -0.05) is 28.1 Å². The molecule has 2 heterocycles. The first-order valence-corrected chi connectivity index (χ1v) is 12.0. The molecule has 2 aliphatic rings. The summed E-state index contributed by atoms with van der Waals surface area (Å²) < 4.78 is 6.32. The van der Waals surface area contributed by atoms with Gasteiger partial charge in [-0.15, -0.1) is 0 Å². The summed E-state index contributed by atoms with van der Waals surface area (Å²) in [6, 6.07) is 17.6. The molecule has 3 unspecified atom stereocenters. The molecule has 0 spiro atoms. The van der Waals surface area contributed by atoms with Crippen molar-refractivity contribution in [2.24, 2.45) is 5.92 Å². The number of rotatable bonds is 4. The molecule has 4 rings (SSSR count). The first-order valence-electron chi connectivity index (χ1n) is 11.2. The van der Waals surface area contributed by atoms with Gasteiger partial charge < -0.3 is 15.0 Å². The monoisotopic (exact) mass is 485 g/mol. The fraction of sp³-hybridized carbons (Fsp3) is 0.480. The number of urea groups is 1. The third kappa shape index (κ3) is 4.90. The van der Waals surface area contributed by atoms with Gasteiger partial charge in [0.15, 0.2) is 0 Å². The Labute approximate surface area is 193 Å². The third-order valence-corrected chi connectivity index (χ3v) is 7.48. The molecule has 31 heavy (non-hydrogen) atoms. The molecule has 1 N–H and O–H groups in total. The Morgan fingerprint density at radius 3 is 2.52 bits per heavy atom. The zero-order chi connectivity index (χ0) is 22.0.